The molecule has 1 aromatic carbocycles. The van der Waals surface area contributed by atoms with Crippen molar-refractivity contribution in [3.63, 3.8) is 0 Å². The van der Waals surface area contributed by atoms with Crippen LogP contribution in [0.4, 0.5) is 8.78 Å². The first kappa shape index (κ1) is 20.0. The summed E-state index contributed by atoms with van der Waals surface area (Å²) in [5.41, 5.74) is 1.87. The van der Waals surface area contributed by atoms with E-state index in [1.54, 1.807) is 12.3 Å². The standard InChI is InChI=1S/C23H27F2N3O/c24-20-7-5-18(14-21(20)25)15-27-12-3-9-23(16-27)10-13-28(17-23)22(29)8-6-19-4-1-2-11-26-19/h1-2,4-5,7,11,14H,3,6,8-10,12-13,15-17H2/t23-/m1/s1. The molecule has 154 valence electrons. The van der Waals surface area contributed by atoms with Gasteiger partial charge in [0.15, 0.2) is 11.6 Å². The van der Waals surface area contributed by atoms with E-state index in [0.29, 0.717) is 19.4 Å². The average Bonchev–Trinajstić information content (AvgIpc) is 3.13. The summed E-state index contributed by atoms with van der Waals surface area (Å²) in [6, 6.07) is 9.92. The Morgan fingerprint density at radius 1 is 1.07 bits per heavy atom. The molecule has 0 bridgehead atoms. The molecular weight excluding hydrogens is 372 g/mol. The van der Waals surface area contributed by atoms with Gasteiger partial charge >= 0.3 is 0 Å². The van der Waals surface area contributed by atoms with Crippen molar-refractivity contribution in [2.24, 2.45) is 5.41 Å². The molecule has 0 aliphatic carbocycles. The summed E-state index contributed by atoms with van der Waals surface area (Å²) in [5, 5.41) is 0. The summed E-state index contributed by atoms with van der Waals surface area (Å²) >= 11 is 0. The van der Waals surface area contributed by atoms with Crippen LogP contribution in [0, 0.1) is 17.0 Å². The molecule has 2 aliphatic rings. The Balaban J connectivity index is 1.32. The lowest BCUT2D eigenvalue weighted by Crippen LogP contribution is -2.45. The molecule has 4 nitrogen and oxygen atoms in total. The number of benzene rings is 1. The number of rotatable bonds is 5. The molecule has 1 spiro atoms. The predicted molar refractivity (Wildman–Crippen MR) is 107 cm³/mol. The lowest BCUT2D eigenvalue weighted by Gasteiger charge is -2.40. The fourth-order valence-electron chi connectivity index (χ4n) is 4.76. The maximum Gasteiger partial charge on any atom is 0.222 e. The van der Waals surface area contributed by atoms with E-state index in [1.807, 2.05) is 23.1 Å². The number of halogens is 2. The quantitative estimate of drug-likeness (QED) is 0.767. The highest BCUT2D eigenvalue weighted by molar-refractivity contribution is 5.76. The van der Waals surface area contributed by atoms with E-state index >= 15 is 0 Å². The van der Waals surface area contributed by atoms with Gasteiger partial charge in [-0.1, -0.05) is 12.1 Å². The van der Waals surface area contributed by atoms with Crippen molar-refractivity contribution in [1.29, 1.82) is 0 Å². The highest BCUT2D eigenvalue weighted by atomic mass is 19.2. The molecule has 0 radical (unpaired) electrons. The van der Waals surface area contributed by atoms with E-state index in [1.165, 1.54) is 12.1 Å². The molecule has 2 aromatic rings. The van der Waals surface area contributed by atoms with E-state index in [9.17, 15) is 13.6 Å². The number of carbonyl (C=O) groups is 1. The second kappa shape index (κ2) is 8.57. The Kier molecular flexibility index (Phi) is 5.90. The van der Waals surface area contributed by atoms with E-state index in [0.717, 1.165) is 56.7 Å². The number of amides is 1. The number of piperidine rings is 1. The SMILES string of the molecule is O=C(CCc1ccccn1)N1CC[C@@]2(CCCN(Cc3ccc(F)c(F)c3)C2)C1. The topological polar surface area (TPSA) is 36.4 Å². The fourth-order valence-corrected chi connectivity index (χ4v) is 4.76. The third-order valence-electron chi connectivity index (χ3n) is 6.24. The van der Waals surface area contributed by atoms with Gasteiger partial charge in [-0.25, -0.2) is 8.78 Å². The highest BCUT2D eigenvalue weighted by Crippen LogP contribution is 2.39. The molecule has 1 aromatic heterocycles. The van der Waals surface area contributed by atoms with Gasteiger partial charge in [0.1, 0.15) is 0 Å². The minimum absolute atomic E-state index is 0.123. The molecule has 3 heterocycles. The summed E-state index contributed by atoms with van der Waals surface area (Å²) < 4.78 is 26.7. The van der Waals surface area contributed by atoms with Gasteiger partial charge in [-0.05, 0) is 62.1 Å². The molecule has 1 atom stereocenters. The van der Waals surface area contributed by atoms with Crippen LogP contribution in [0.5, 0.6) is 0 Å². The van der Waals surface area contributed by atoms with Crippen LogP contribution in [0.15, 0.2) is 42.6 Å². The smallest absolute Gasteiger partial charge is 0.222 e. The molecule has 2 aliphatic heterocycles. The molecule has 2 saturated heterocycles. The summed E-state index contributed by atoms with van der Waals surface area (Å²) in [4.78, 5) is 21.3. The lowest BCUT2D eigenvalue weighted by atomic mass is 9.79. The van der Waals surface area contributed by atoms with Gasteiger partial charge in [-0.2, -0.15) is 0 Å². The van der Waals surface area contributed by atoms with Crippen LogP contribution in [0.2, 0.25) is 0 Å². The van der Waals surface area contributed by atoms with Crippen LogP contribution >= 0.6 is 0 Å². The Hall–Kier alpha value is -2.34. The van der Waals surface area contributed by atoms with Crippen LogP contribution in [0.1, 0.15) is 36.9 Å². The number of pyridine rings is 1. The first-order chi connectivity index (χ1) is 14.0. The number of hydrogen-bond acceptors (Lipinski definition) is 3. The molecule has 0 N–H and O–H groups in total. The maximum absolute atomic E-state index is 13.5. The van der Waals surface area contributed by atoms with Crippen molar-refractivity contribution in [2.75, 3.05) is 26.2 Å². The molecule has 6 heteroatoms. The van der Waals surface area contributed by atoms with Crippen molar-refractivity contribution in [3.05, 3.63) is 65.5 Å². The minimum atomic E-state index is -0.806. The molecule has 4 rings (SSSR count). The van der Waals surface area contributed by atoms with Crippen LogP contribution in [0.25, 0.3) is 0 Å². The van der Waals surface area contributed by atoms with Crippen molar-refractivity contribution in [3.8, 4) is 0 Å². The van der Waals surface area contributed by atoms with E-state index in [2.05, 4.69) is 9.88 Å². The lowest BCUT2D eigenvalue weighted by molar-refractivity contribution is -0.130. The first-order valence-corrected chi connectivity index (χ1v) is 10.4. The minimum Gasteiger partial charge on any atom is -0.342 e. The zero-order valence-corrected chi connectivity index (χ0v) is 16.6. The zero-order valence-electron chi connectivity index (χ0n) is 16.6. The van der Waals surface area contributed by atoms with Gasteiger partial charge in [0, 0.05) is 49.9 Å². The third kappa shape index (κ3) is 4.81. The van der Waals surface area contributed by atoms with Crippen molar-refractivity contribution >= 4 is 5.91 Å². The number of aromatic nitrogens is 1. The van der Waals surface area contributed by atoms with Gasteiger partial charge in [0.2, 0.25) is 5.91 Å². The van der Waals surface area contributed by atoms with Crippen LogP contribution in [-0.4, -0.2) is 46.9 Å². The first-order valence-electron chi connectivity index (χ1n) is 10.4. The van der Waals surface area contributed by atoms with Crippen molar-refractivity contribution < 1.29 is 13.6 Å². The Labute approximate surface area is 170 Å². The monoisotopic (exact) mass is 399 g/mol. The van der Waals surface area contributed by atoms with Crippen molar-refractivity contribution in [2.45, 2.75) is 38.6 Å². The van der Waals surface area contributed by atoms with Gasteiger partial charge in [0.25, 0.3) is 0 Å². The molecule has 2 fully saturated rings. The van der Waals surface area contributed by atoms with E-state index in [4.69, 9.17) is 0 Å². The number of likely N-dealkylation sites (tertiary alicyclic amines) is 2. The zero-order chi connectivity index (χ0) is 20.3. The summed E-state index contributed by atoms with van der Waals surface area (Å²) in [6.45, 7) is 4.07. The molecule has 0 saturated carbocycles. The number of hydrogen-bond donors (Lipinski definition) is 0. The normalized spacial score (nSPS) is 22.3. The van der Waals surface area contributed by atoms with E-state index in [-0.39, 0.29) is 11.3 Å². The number of aryl methyl sites for hydroxylation is 1. The highest BCUT2D eigenvalue weighted by Gasteiger charge is 2.42. The Morgan fingerprint density at radius 3 is 2.76 bits per heavy atom. The second-order valence-electron chi connectivity index (χ2n) is 8.45. The molecule has 29 heavy (non-hydrogen) atoms. The summed E-state index contributed by atoms with van der Waals surface area (Å²) in [7, 11) is 0. The fraction of sp³-hybridized carbons (Fsp3) is 0.478. The number of nitrogens with zero attached hydrogens (tertiary/aromatic N) is 3. The number of carbonyl (C=O) groups excluding carboxylic acids is 1. The summed E-state index contributed by atoms with van der Waals surface area (Å²) in [6.07, 6.45) is 6.12. The molecule has 1 amide bonds. The second-order valence-corrected chi connectivity index (χ2v) is 8.45. The van der Waals surface area contributed by atoms with Crippen LogP contribution < -0.4 is 0 Å². The molecular formula is C23H27F2N3O. The van der Waals surface area contributed by atoms with Crippen LogP contribution in [-0.2, 0) is 17.8 Å². The largest absolute Gasteiger partial charge is 0.342 e. The van der Waals surface area contributed by atoms with Gasteiger partial charge in [-0.15, -0.1) is 0 Å². The van der Waals surface area contributed by atoms with Gasteiger partial charge in [0.05, 0.1) is 0 Å². The molecule has 0 unspecified atom stereocenters. The Morgan fingerprint density at radius 2 is 1.97 bits per heavy atom. The van der Waals surface area contributed by atoms with Gasteiger partial charge in [-0.3, -0.25) is 14.7 Å². The third-order valence-corrected chi connectivity index (χ3v) is 6.24. The predicted octanol–water partition coefficient (Wildman–Crippen LogP) is 3.81. The average molecular weight is 399 g/mol. The maximum atomic E-state index is 13.5. The van der Waals surface area contributed by atoms with E-state index < -0.39 is 11.6 Å². The van der Waals surface area contributed by atoms with Crippen molar-refractivity contribution in [1.82, 2.24) is 14.8 Å². The van der Waals surface area contributed by atoms with Crippen LogP contribution in [0.3, 0.4) is 0 Å². The Bertz CT molecular complexity index is 860. The summed E-state index contributed by atoms with van der Waals surface area (Å²) in [5.74, 6) is -1.40. The van der Waals surface area contributed by atoms with Gasteiger partial charge < -0.3 is 4.90 Å².